The van der Waals surface area contributed by atoms with Gasteiger partial charge in [0.2, 0.25) is 0 Å². The van der Waals surface area contributed by atoms with Gasteiger partial charge in [0.25, 0.3) is 5.91 Å². The lowest BCUT2D eigenvalue weighted by atomic mass is 9.96. The Bertz CT molecular complexity index is 837. The van der Waals surface area contributed by atoms with Gasteiger partial charge < -0.3 is 10.2 Å². The lowest BCUT2D eigenvalue weighted by molar-refractivity contribution is 0.0672. The number of carbonyl (C=O) groups excluding carboxylic acids is 2. The summed E-state index contributed by atoms with van der Waals surface area (Å²) < 4.78 is 0. The maximum atomic E-state index is 12.6. The Kier molecular flexibility index (Phi) is 3.91. The molecule has 2 aliphatic rings. The number of hydrogen-bond donors (Lipinski definition) is 2. The van der Waals surface area contributed by atoms with Crippen molar-refractivity contribution in [1.82, 2.24) is 9.88 Å². The van der Waals surface area contributed by atoms with E-state index in [-0.39, 0.29) is 11.9 Å². The number of anilines is 2. The maximum absolute atomic E-state index is 12.6. The third kappa shape index (κ3) is 2.86. The molecule has 2 N–H and O–H groups in total. The van der Waals surface area contributed by atoms with Gasteiger partial charge in [-0.25, -0.2) is 9.78 Å². The molecule has 7 heteroatoms. The van der Waals surface area contributed by atoms with Gasteiger partial charge in [-0.15, -0.1) is 0 Å². The molecule has 25 heavy (non-hydrogen) atoms. The zero-order chi connectivity index (χ0) is 17.4. The van der Waals surface area contributed by atoms with Crippen LogP contribution in [0.25, 0.3) is 0 Å². The van der Waals surface area contributed by atoms with Crippen LogP contribution in [0.4, 0.5) is 16.3 Å². The average Bonchev–Trinajstić information content (AvgIpc) is 2.91. The second kappa shape index (κ2) is 6.24. The van der Waals surface area contributed by atoms with Gasteiger partial charge in [0, 0.05) is 29.6 Å². The predicted molar refractivity (Wildman–Crippen MR) is 96.3 cm³/mol. The standard InChI is InChI=1S/C18H17BN4O2/c19-11-7-8-15(20-10-11)22-18(25)21-13-5-3-4-12-16(13)14-6-1-2-9-23(14)17(12)24/h3-5,7-8,10,14H,1-2,6,9H2,(H2,20,21,22,25). The van der Waals surface area contributed by atoms with E-state index in [1.807, 2.05) is 17.0 Å². The van der Waals surface area contributed by atoms with Crippen LogP contribution in [0.5, 0.6) is 0 Å². The molecule has 4 rings (SSSR count). The van der Waals surface area contributed by atoms with Crippen molar-refractivity contribution in [2.75, 3.05) is 17.2 Å². The molecule has 0 spiro atoms. The number of nitrogens with zero attached hydrogens (tertiary/aromatic N) is 2. The molecule has 3 heterocycles. The molecule has 0 aliphatic carbocycles. The molecule has 2 aromatic rings. The van der Waals surface area contributed by atoms with E-state index in [0.29, 0.717) is 22.5 Å². The third-order valence-corrected chi connectivity index (χ3v) is 4.71. The highest BCUT2D eigenvalue weighted by atomic mass is 16.2. The number of pyridine rings is 1. The highest BCUT2D eigenvalue weighted by molar-refractivity contribution is 6.32. The van der Waals surface area contributed by atoms with Gasteiger partial charge in [-0.05, 0) is 37.5 Å². The van der Waals surface area contributed by atoms with E-state index >= 15 is 0 Å². The van der Waals surface area contributed by atoms with Crippen LogP contribution in [0.15, 0.2) is 36.5 Å². The summed E-state index contributed by atoms with van der Waals surface area (Å²) in [5, 5.41) is 5.54. The fourth-order valence-electron chi connectivity index (χ4n) is 3.60. The SMILES string of the molecule is [B]c1ccc(NC(=O)Nc2cccc3c2C2CCCCN2C3=O)nc1. The highest BCUT2D eigenvalue weighted by Gasteiger charge is 2.39. The van der Waals surface area contributed by atoms with Gasteiger partial charge in [0.05, 0.1) is 6.04 Å². The van der Waals surface area contributed by atoms with Crippen LogP contribution in [-0.2, 0) is 0 Å². The van der Waals surface area contributed by atoms with E-state index in [1.54, 1.807) is 18.2 Å². The molecule has 1 aromatic carbocycles. The van der Waals surface area contributed by atoms with Crippen LogP contribution in [0, 0.1) is 0 Å². The molecule has 3 amide bonds. The normalized spacial score (nSPS) is 18.5. The number of amides is 3. The van der Waals surface area contributed by atoms with Crippen LogP contribution in [0.2, 0.25) is 0 Å². The number of piperidine rings is 1. The van der Waals surface area contributed by atoms with Gasteiger partial charge in [0.1, 0.15) is 13.7 Å². The van der Waals surface area contributed by atoms with E-state index < -0.39 is 6.03 Å². The lowest BCUT2D eigenvalue weighted by Gasteiger charge is -2.30. The minimum Gasteiger partial charge on any atom is -0.331 e. The van der Waals surface area contributed by atoms with Crippen molar-refractivity contribution in [3.05, 3.63) is 47.7 Å². The van der Waals surface area contributed by atoms with E-state index in [1.165, 1.54) is 6.20 Å². The van der Waals surface area contributed by atoms with Crippen molar-refractivity contribution in [2.24, 2.45) is 0 Å². The lowest BCUT2D eigenvalue weighted by Crippen LogP contribution is -2.32. The van der Waals surface area contributed by atoms with Crippen LogP contribution in [0.1, 0.15) is 41.2 Å². The number of nitrogens with one attached hydrogen (secondary N) is 2. The Morgan fingerprint density at radius 2 is 2.08 bits per heavy atom. The van der Waals surface area contributed by atoms with Crippen molar-refractivity contribution >= 4 is 36.8 Å². The molecule has 2 aliphatic heterocycles. The molecule has 1 unspecified atom stereocenters. The molecule has 0 bridgehead atoms. The van der Waals surface area contributed by atoms with Gasteiger partial charge in [-0.1, -0.05) is 17.6 Å². The quantitative estimate of drug-likeness (QED) is 0.828. The van der Waals surface area contributed by atoms with Gasteiger partial charge in [-0.2, -0.15) is 0 Å². The molecule has 1 atom stereocenters. The van der Waals surface area contributed by atoms with Crippen molar-refractivity contribution < 1.29 is 9.59 Å². The Morgan fingerprint density at radius 1 is 1.20 bits per heavy atom. The third-order valence-electron chi connectivity index (χ3n) is 4.71. The van der Waals surface area contributed by atoms with Crippen molar-refractivity contribution in [3.8, 4) is 0 Å². The molecule has 124 valence electrons. The molecule has 2 radical (unpaired) electrons. The first-order valence-corrected chi connectivity index (χ1v) is 8.37. The summed E-state index contributed by atoms with van der Waals surface area (Å²) in [5.74, 6) is 0.471. The first kappa shape index (κ1) is 15.7. The second-order valence-corrected chi connectivity index (χ2v) is 6.33. The predicted octanol–water partition coefficient (Wildman–Crippen LogP) is 2.20. The number of benzene rings is 1. The van der Waals surface area contributed by atoms with E-state index in [4.69, 9.17) is 7.85 Å². The molecular weight excluding hydrogens is 315 g/mol. The Hall–Kier alpha value is -2.83. The zero-order valence-corrected chi connectivity index (χ0v) is 13.7. The molecule has 6 nitrogen and oxygen atoms in total. The van der Waals surface area contributed by atoms with Crippen LogP contribution in [-0.4, -0.2) is 36.2 Å². The Labute approximate surface area is 147 Å². The number of urea groups is 1. The largest absolute Gasteiger partial charge is 0.331 e. The van der Waals surface area contributed by atoms with Gasteiger partial charge in [0.15, 0.2) is 0 Å². The first-order valence-electron chi connectivity index (χ1n) is 8.37. The minimum absolute atomic E-state index is 0.0578. The number of carbonyl (C=O) groups is 2. The second-order valence-electron chi connectivity index (χ2n) is 6.33. The van der Waals surface area contributed by atoms with E-state index in [2.05, 4.69) is 15.6 Å². The average molecular weight is 332 g/mol. The first-order chi connectivity index (χ1) is 12.1. The smallest absolute Gasteiger partial charge is 0.324 e. The molecule has 1 aromatic heterocycles. The number of rotatable bonds is 2. The zero-order valence-electron chi connectivity index (χ0n) is 13.7. The van der Waals surface area contributed by atoms with Crippen LogP contribution in [0.3, 0.4) is 0 Å². The summed E-state index contributed by atoms with van der Waals surface area (Å²) in [6.07, 6.45) is 4.53. The monoisotopic (exact) mass is 332 g/mol. The highest BCUT2D eigenvalue weighted by Crippen LogP contribution is 2.43. The van der Waals surface area contributed by atoms with E-state index in [0.717, 1.165) is 31.4 Å². The van der Waals surface area contributed by atoms with Gasteiger partial charge >= 0.3 is 6.03 Å². The van der Waals surface area contributed by atoms with Gasteiger partial charge in [-0.3, -0.25) is 10.1 Å². The fourth-order valence-corrected chi connectivity index (χ4v) is 3.60. The number of hydrogen-bond acceptors (Lipinski definition) is 3. The van der Waals surface area contributed by atoms with Crippen molar-refractivity contribution in [3.63, 3.8) is 0 Å². The molecule has 1 saturated heterocycles. The summed E-state index contributed by atoms with van der Waals surface area (Å²) >= 11 is 0. The molecule has 1 fully saturated rings. The maximum Gasteiger partial charge on any atom is 0.324 e. The van der Waals surface area contributed by atoms with Crippen molar-refractivity contribution in [2.45, 2.75) is 25.3 Å². The summed E-state index contributed by atoms with van der Waals surface area (Å²) in [6.45, 7) is 0.777. The number of fused-ring (bicyclic) bond motifs is 3. The summed E-state index contributed by atoms with van der Waals surface area (Å²) in [6, 6.07) is 8.43. The topological polar surface area (TPSA) is 74.3 Å². The molecular formula is C18H17BN4O2. The van der Waals surface area contributed by atoms with Crippen LogP contribution < -0.4 is 16.1 Å². The summed E-state index contributed by atoms with van der Waals surface area (Å²) in [5.41, 5.74) is 2.82. The Morgan fingerprint density at radius 3 is 2.88 bits per heavy atom. The fraction of sp³-hybridized carbons (Fsp3) is 0.278. The minimum atomic E-state index is -0.396. The number of aromatic nitrogens is 1. The van der Waals surface area contributed by atoms with Crippen molar-refractivity contribution in [1.29, 1.82) is 0 Å². The summed E-state index contributed by atoms with van der Waals surface area (Å²) in [7, 11) is 5.59. The van der Waals surface area contributed by atoms with E-state index in [9.17, 15) is 9.59 Å². The summed E-state index contributed by atoms with van der Waals surface area (Å²) in [4.78, 5) is 30.9. The Balaban J connectivity index is 1.57. The van der Waals surface area contributed by atoms with Crippen LogP contribution >= 0.6 is 0 Å². The molecule has 0 saturated carbocycles.